The van der Waals surface area contributed by atoms with Gasteiger partial charge in [-0.2, -0.15) is 0 Å². The molecule has 0 aliphatic rings. The summed E-state index contributed by atoms with van der Waals surface area (Å²) < 4.78 is 5.60. The summed E-state index contributed by atoms with van der Waals surface area (Å²) in [5.41, 5.74) is 1.92. The quantitative estimate of drug-likeness (QED) is 0.870. The van der Waals surface area contributed by atoms with Crippen LogP contribution in [0, 0.1) is 0 Å². The fourth-order valence-electron chi connectivity index (χ4n) is 1.61. The van der Waals surface area contributed by atoms with Gasteiger partial charge >= 0.3 is 0 Å². The van der Waals surface area contributed by atoms with Crippen molar-refractivity contribution < 1.29 is 9.84 Å². The number of benzene rings is 2. The van der Waals surface area contributed by atoms with Crippen molar-refractivity contribution >= 4 is 6.08 Å². The molecule has 2 aromatic rings. The third kappa shape index (κ3) is 3.75. The van der Waals surface area contributed by atoms with E-state index < -0.39 is 0 Å². The summed E-state index contributed by atoms with van der Waals surface area (Å²) in [7, 11) is 0. The molecule has 0 aliphatic heterocycles. The molecule has 92 valence electrons. The Hall–Kier alpha value is -2.06. The zero-order valence-corrected chi connectivity index (χ0v) is 10.1. The summed E-state index contributed by atoms with van der Waals surface area (Å²) in [4.78, 5) is 0. The van der Waals surface area contributed by atoms with Gasteiger partial charge in [0.2, 0.25) is 0 Å². The third-order valence-corrected chi connectivity index (χ3v) is 2.54. The van der Waals surface area contributed by atoms with Crippen LogP contribution in [0.2, 0.25) is 0 Å². The summed E-state index contributed by atoms with van der Waals surface area (Å²) >= 11 is 0. The molecule has 0 aliphatic carbocycles. The zero-order chi connectivity index (χ0) is 12.6. The summed E-state index contributed by atoms with van der Waals surface area (Å²) in [5, 5.41) is 9.32. The summed E-state index contributed by atoms with van der Waals surface area (Å²) in [6.45, 7) is 0.400. The second-order valence-electron chi connectivity index (χ2n) is 3.97. The van der Waals surface area contributed by atoms with Gasteiger partial charge in [0, 0.05) is 0 Å². The lowest BCUT2D eigenvalue weighted by atomic mass is 10.1. The Morgan fingerprint density at radius 2 is 1.56 bits per heavy atom. The van der Waals surface area contributed by atoms with Crippen LogP contribution in [-0.2, 0) is 0 Å². The van der Waals surface area contributed by atoms with Gasteiger partial charge in [0.25, 0.3) is 0 Å². The number of aliphatic hydroxyl groups excluding tert-OH is 1. The van der Waals surface area contributed by atoms with Crippen LogP contribution in [0.3, 0.4) is 0 Å². The minimum Gasteiger partial charge on any atom is -0.489 e. The lowest BCUT2D eigenvalue weighted by Gasteiger charge is -2.07. The van der Waals surface area contributed by atoms with Gasteiger partial charge in [-0.15, -0.1) is 0 Å². The highest BCUT2D eigenvalue weighted by Crippen LogP contribution is 2.11. The maximum absolute atomic E-state index is 9.32. The number of aliphatic hydroxyl groups is 1. The van der Waals surface area contributed by atoms with Crippen LogP contribution in [0.15, 0.2) is 66.2 Å². The lowest BCUT2D eigenvalue weighted by Crippen LogP contribution is -2.04. The van der Waals surface area contributed by atoms with Gasteiger partial charge in [-0.05, 0) is 23.3 Å². The van der Waals surface area contributed by atoms with Crippen LogP contribution in [0.5, 0.6) is 5.75 Å². The molecule has 0 spiro atoms. The monoisotopic (exact) mass is 240 g/mol. The highest BCUT2D eigenvalue weighted by atomic mass is 16.5. The van der Waals surface area contributed by atoms with Crippen molar-refractivity contribution in [1.29, 1.82) is 0 Å². The van der Waals surface area contributed by atoms with Crippen molar-refractivity contribution in [3.63, 3.8) is 0 Å². The molecule has 0 bridgehead atoms. The van der Waals surface area contributed by atoms with Crippen LogP contribution in [0.25, 0.3) is 6.08 Å². The second kappa shape index (κ2) is 6.62. The fraction of sp³-hybridized carbons (Fsp3) is 0.125. The van der Waals surface area contributed by atoms with Gasteiger partial charge in [-0.25, -0.2) is 0 Å². The molecule has 0 radical (unpaired) electrons. The van der Waals surface area contributed by atoms with Gasteiger partial charge in [-0.1, -0.05) is 54.6 Å². The van der Waals surface area contributed by atoms with Gasteiger partial charge in [-0.3, -0.25) is 0 Å². The Morgan fingerprint density at radius 1 is 0.944 bits per heavy atom. The summed E-state index contributed by atoms with van der Waals surface area (Å²) in [6, 6.07) is 19.5. The molecule has 18 heavy (non-hydrogen) atoms. The van der Waals surface area contributed by atoms with Gasteiger partial charge in [0.05, 0.1) is 6.61 Å². The molecule has 0 fully saturated rings. The fourth-order valence-corrected chi connectivity index (χ4v) is 1.61. The molecule has 0 amide bonds. The first-order chi connectivity index (χ1) is 8.88. The van der Waals surface area contributed by atoms with E-state index in [-0.39, 0.29) is 6.61 Å². The van der Waals surface area contributed by atoms with E-state index >= 15 is 0 Å². The predicted octanol–water partition coefficient (Wildman–Crippen LogP) is 3.14. The molecular formula is C16H16O2. The molecule has 2 aromatic carbocycles. The number of hydrogen-bond donors (Lipinski definition) is 1. The van der Waals surface area contributed by atoms with Crippen molar-refractivity contribution in [2.75, 3.05) is 13.2 Å². The number of hydrogen-bond acceptors (Lipinski definition) is 2. The predicted molar refractivity (Wildman–Crippen MR) is 73.4 cm³/mol. The van der Waals surface area contributed by atoms with E-state index in [1.54, 1.807) is 0 Å². The van der Waals surface area contributed by atoms with E-state index in [0.717, 1.165) is 16.9 Å². The molecule has 0 heterocycles. The molecule has 2 nitrogen and oxygen atoms in total. The van der Waals surface area contributed by atoms with Crippen molar-refractivity contribution in [3.05, 3.63) is 71.8 Å². The molecular weight excluding hydrogens is 224 g/mol. The maximum Gasteiger partial charge on any atom is 0.119 e. The first-order valence-corrected chi connectivity index (χ1v) is 5.91. The van der Waals surface area contributed by atoms with Crippen LogP contribution in [0.1, 0.15) is 5.56 Å². The first kappa shape index (κ1) is 12.4. The van der Waals surface area contributed by atoms with Gasteiger partial charge in [0.15, 0.2) is 0 Å². The molecule has 0 unspecified atom stereocenters. The zero-order valence-electron chi connectivity index (χ0n) is 10.1. The third-order valence-electron chi connectivity index (χ3n) is 2.54. The largest absolute Gasteiger partial charge is 0.489 e. The minimum atomic E-state index is 0.00171. The Balaban J connectivity index is 2.00. The van der Waals surface area contributed by atoms with E-state index in [1.807, 2.05) is 66.7 Å². The Morgan fingerprint density at radius 3 is 2.17 bits per heavy atom. The van der Waals surface area contributed by atoms with Crippen LogP contribution in [-0.4, -0.2) is 18.3 Å². The van der Waals surface area contributed by atoms with E-state index in [9.17, 15) is 5.11 Å². The molecule has 0 saturated carbocycles. The Labute approximate surface area is 107 Å². The Bertz CT molecular complexity index is 489. The van der Waals surface area contributed by atoms with Crippen molar-refractivity contribution in [3.8, 4) is 5.75 Å². The highest BCUT2D eigenvalue weighted by molar-refractivity contribution is 5.53. The molecule has 1 N–H and O–H groups in total. The van der Waals surface area contributed by atoms with Crippen LogP contribution >= 0.6 is 0 Å². The maximum atomic E-state index is 9.32. The van der Waals surface area contributed by atoms with E-state index in [0.29, 0.717) is 6.61 Å². The second-order valence-corrected chi connectivity index (χ2v) is 3.97. The van der Waals surface area contributed by atoms with E-state index in [4.69, 9.17) is 4.74 Å². The van der Waals surface area contributed by atoms with Crippen molar-refractivity contribution in [1.82, 2.24) is 0 Å². The Kier molecular flexibility index (Phi) is 4.56. The summed E-state index contributed by atoms with van der Waals surface area (Å²) in [6.07, 6.45) is 1.95. The van der Waals surface area contributed by atoms with Crippen LogP contribution < -0.4 is 4.74 Å². The average molecular weight is 240 g/mol. The number of ether oxygens (including phenoxy) is 1. The lowest BCUT2D eigenvalue weighted by molar-refractivity contribution is 0.289. The SMILES string of the molecule is OCC(=Cc1ccccc1)COc1ccccc1. The van der Waals surface area contributed by atoms with Crippen molar-refractivity contribution in [2.45, 2.75) is 0 Å². The van der Waals surface area contributed by atoms with Crippen molar-refractivity contribution in [2.24, 2.45) is 0 Å². The topological polar surface area (TPSA) is 29.5 Å². The van der Waals surface area contributed by atoms with Gasteiger partial charge in [0.1, 0.15) is 12.4 Å². The smallest absolute Gasteiger partial charge is 0.119 e. The molecule has 0 aromatic heterocycles. The van der Waals surface area contributed by atoms with Gasteiger partial charge < -0.3 is 9.84 Å². The molecule has 2 rings (SSSR count). The first-order valence-electron chi connectivity index (χ1n) is 5.91. The normalized spacial score (nSPS) is 11.3. The highest BCUT2D eigenvalue weighted by Gasteiger charge is 1.98. The van der Waals surface area contributed by atoms with E-state index in [2.05, 4.69) is 0 Å². The molecule has 2 heteroatoms. The minimum absolute atomic E-state index is 0.00171. The molecule has 0 saturated heterocycles. The average Bonchev–Trinajstić information content (AvgIpc) is 2.45. The number of rotatable bonds is 5. The number of para-hydroxylation sites is 1. The molecule has 0 atom stereocenters. The standard InChI is InChI=1S/C16H16O2/c17-12-15(11-14-7-3-1-4-8-14)13-18-16-9-5-2-6-10-16/h1-11,17H,12-13H2. The van der Waals surface area contributed by atoms with Crippen LogP contribution in [0.4, 0.5) is 0 Å². The van der Waals surface area contributed by atoms with E-state index in [1.165, 1.54) is 0 Å². The summed E-state index contributed by atoms with van der Waals surface area (Å²) in [5.74, 6) is 0.810.